The van der Waals surface area contributed by atoms with Gasteiger partial charge in [-0.1, -0.05) is 0 Å². The summed E-state index contributed by atoms with van der Waals surface area (Å²) < 4.78 is 39.7. The Hall–Kier alpha value is -2.00. The number of carbonyl (C=O) groups is 1. The highest BCUT2D eigenvalue weighted by Crippen LogP contribution is 2.23. The molecule has 0 aliphatic rings. The van der Waals surface area contributed by atoms with Crippen LogP contribution in [0.5, 0.6) is 0 Å². The first-order valence-electron chi connectivity index (χ1n) is 5.34. The van der Waals surface area contributed by atoms with E-state index in [0.717, 1.165) is 23.5 Å². The Morgan fingerprint density at radius 3 is 2.75 bits per heavy atom. The molecule has 0 amide bonds. The van der Waals surface area contributed by atoms with Gasteiger partial charge in [0, 0.05) is 18.0 Å². The number of nitrogens with two attached hydrogens (primary N) is 1. The first kappa shape index (κ1) is 14.4. The van der Waals surface area contributed by atoms with Crippen LogP contribution in [0, 0.1) is 5.82 Å². The van der Waals surface area contributed by atoms with E-state index in [1.54, 1.807) is 0 Å². The van der Waals surface area contributed by atoms with Crippen LogP contribution in [-0.4, -0.2) is 19.2 Å². The Bertz CT molecular complexity index is 771. The van der Waals surface area contributed by atoms with Gasteiger partial charge >= 0.3 is 0 Å². The molecular weight excluding hydrogens is 305 g/mol. The SMILES string of the molecule is CC(=O)c1csc(NS(=O)(=O)c2cc(N)ccc2F)n1. The maximum absolute atomic E-state index is 13.6. The van der Waals surface area contributed by atoms with Crippen molar-refractivity contribution in [1.82, 2.24) is 4.98 Å². The maximum atomic E-state index is 13.6. The van der Waals surface area contributed by atoms with Crippen LogP contribution in [-0.2, 0) is 10.0 Å². The van der Waals surface area contributed by atoms with E-state index < -0.39 is 20.7 Å². The molecule has 2 rings (SSSR count). The molecule has 0 aliphatic carbocycles. The quantitative estimate of drug-likeness (QED) is 0.662. The third-order valence-corrected chi connectivity index (χ3v) is 4.57. The molecule has 0 saturated carbocycles. The van der Waals surface area contributed by atoms with Gasteiger partial charge in [-0.25, -0.2) is 17.8 Å². The fourth-order valence-corrected chi connectivity index (χ4v) is 3.49. The number of nitrogen functional groups attached to an aromatic ring is 1. The smallest absolute Gasteiger partial charge is 0.266 e. The van der Waals surface area contributed by atoms with Crippen LogP contribution >= 0.6 is 11.3 Å². The third-order valence-electron chi connectivity index (χ3n) is 2.33. The van der Waals surface area contributed by atoms with Crippen molar-refractivity contribution in [3.05, 3.63) is 35.1 Å². The minimum atomic E-state index is -4.15. The number of Topliss-reactive ketones (excluding diaryl/α,β-unsaturated/α-hetero) is 1. The van der Waals surface area contributed by atoms with Crippen molar-refractivity contribution in [2.24, 2.45) is 0 Å². The van der Waals surface area contributed by atoms with Crippen molar-refractivity contribution >= 4 is 38.0 Å². The predicted molar refractivity (Wildman–Crippen MR) is 73.7 cm³/mol. The lowest BCUT2D eigenvalue weighted by molar-refractivity contribution is 0.101. The van der Waals surface area contributed by atoms with Crippen molar-refractivity contribution < 1.29 is 17.6 Å². The van der Waals surface area contributed by atoms with Gasteiger partial charge in [0.2, 0.25) is 0 Å². The number of nitrogens with one attached hydrogen (secondary N) is 1. The van der Waals surface area contributed by atoms with Crippen LogP contribution < -0.4 is 10.5 Å². The fraction of sp³-hybridized carbons (Fsp3) is 0.0909. The highest BCUT2D eigenvalue weighted by atomic mass is 32.2. The number of hydrogen-bond donors (Lipinski definition) is 2. The van der Waals surface area contributed by atoms with Crippen LogP contribution in [0.3, 0.4) is 0 Å². The van der Waals surface area contributed by atoms with Gasteiger partial charge < -0.3 is 5.73 Å². The zero-order valence-electron chi connectivity index (χ0n) is 10.3. The molecule has 0 saturated heterocycles. The lowest BCUT2D eigenvalue weighted by atomic mass is 10.3. The molecule has 9 heteroatoms. The Labute approximate surface area is 118 Å². The first-order valence-corrected chi connectivity index (χ1v) is 7.70. The fourth-order valence-electron chi connectivity index (χ4n) is 1.38. The Morgan fingerprint density at radius 2 is 2.15 bits per heavy atom. The number of sulfonamides is 1. The third kappa shape index (κ3) is 2.94. The van der Waals surface area contributed by atoms with Gasteiger partial charge in [-0.3, -0.25) is 9.52 Å². The number of ketones is 1. The predicted octanol–water partition coefficient (Wildman–Crippen LogP) is 1.87. The van der Waals surface area contributed by atoms with Crippen LogP contribution in [0.2, 0.25) is 0 Å². The van der Waals surface area contributed by atoms with Gasteiger partial charge in [-0.05, 0) is 18.2 Å². The van der Waals surface area contributed by atoms with E-state index in [2.05, 4.69) is 9.71 Å². The van der Waals surface area contributed by atoms with Gasteiger partial charge in [0.25, 0.3) is 10.0 Å². The van der Waals surface area contributed by atoms with Gasteiger partial charge in [-0.15, -0.1) is 11.3 Å². The Morgan fingerprint density at radius 1 is 1.45 bits per heavy atom. The van der Waals surface area contributed by atoms with Crippen molar-refractivity contribution in [2.75, 3.05) is 10.5 Å². The summed E-state index contributed by atoms with van der Waals surface area (Å²) in [6.07, 6.45) is 0. The number of nitrogens with zero attached hydrogens (tertiary/aromatic N) is 1. The molecule has 20 heavy (non-hydrogen) atoms. The molecule has 0 bridgehead atoms. The second-order valence-corrected chi connectivity index (χ2v) is 6.40. The number of thiazole rings is 1. The first-order chi connectivity index (χ1) is 9.29. The Kier molecular flexibility index (Phi) is 3.73. The number of anilines is 2. The van der Waals surface area contributed by atoms with E-state index in [-0.39, 0.29) is 22.3 Å². The molecule has 0 aliphatic heterocycles. The van der Waals surface area contributed by atoms with Gasteiger partial charge in [-0.2, -0.15) is 0 Å². The van der Waals surface area contributed by atoms with Crippen LogP contribution in [0.25, 0.3) is 0 Å². The van der Waals surface area contributed by atoms with Gasteiger partial charge in [0.1, 0.15) is 16.4 Å². The molecule has 1 aromatic carbocycles. The normalized spacial score (nSPS) is 11.3. The molecule has 0 unspecified atom stereocenters. The van der Waals surface area contributed by atoms with E-state index in [9.17, 15) is 17.6 Å². The van der Waals surface area contributed by atoms with Crippen LogP contribution in [0.1, 0.15) is 17.4 Å². The maximum Gasteiger partial charge on any atom is 0.266 e. The molecule has 1 heterocycles. The van der Waals surface area contributed by atoms with Crippen LogP contribution in [0.15, 0.2) is 28.5 Å². The van der Waals surface area contributed by atoms with Gasteiger partial charge in [0.15, 0.2) is 10.9 Å². The number of benzene rings is 1. The molecule has 6 nitrogen and oxygen atoms in total. The van der Waals surface area contributed by atoms with Crippen LogP contribution in [0.4, 0.5) is 15.2 Å². The molecule has 106 valence electrons. The summed E-state index contributed by atoms with van der Waals surface area (Å²) in [7, 11) is -4.15. The van der Waals surface area contributed by atoms with Crippen molar-refractivity contribution in [1.29, 1.82) is 0 Å². The van der Waals surface area contributed by atoms with E-state index in [1.165, 1.54) is 18.4 Å². The van der Waals surface area contributed by atoms with Crippen molar-refractivity contribution in [3.8, 4) is 0 Å². The average molecular weight is 315 g/mol. The number of halogens is 1. The lowest BCUT2D eigenvalue weighted by Crippen LogP contribution is -2.15. The molecule has 0 fully saturated rings. The summed E-state index contributed by atoms with van der Waals surface area (Å²) in [5, 5.41) is 1.40. The lowest BCUT2D eigenvalue weighted by Gasteiger charge is -2.06. The second kappa shape index (κ2) is 5.17. The number of carbonyl (C=O) groups excluding carboxylic acids is 1. The second-order valence-electron chi connectivity index (χ2n) is 3.89. The molecule has 0 spiro atoms. The average Bonchev–Trinajstić information content (AvgIpc) is 2.80. The number of aromatic nitrogens is 1. The minimum Gasteiger partial charge on any atom is -0.399 e. The molecule has 0 radical (unpaired) electrons. The number of hydrogen-bond acceptors (Lipinski definition) is 6. The van der Waals surface area contributed by atoms with E-state index in [1.807, 2.05) is 0 Å². The number of rotatable bonds is 4. The molecule has 3 N–H and O–H groups in total. The van der Waals surface area contributed by atoms with Crippen molar-refractivity contribution in [3.63, 3.8) is 0 Å². The van der Waals surface area contributed by atoms with Crippen molar-refractivity contribution in [2.45, 2.75) is 11.8 Å². The van der Waals surface area contributed by atoms with Gasteiger partial charge in [0.05, 0.1) is 0 Å². The topological polar surface area (TPSA) is 102 Å². The molecule has 0 atom stereocenters. The zero-order valence-corrected chi connectivity index (χ0v) is 11.9. The molecule has 1 aromatic heterocycles. The molecular formula is C11H10FN3O3S2. The van der Waals surface area contributed by atoms with E-state index in [4.69, 9.17) is 5.73 Å². The standard InChI is InChI=1S/C11H10FN3O3S2/c1-6(16)9-5-19-11(14-9)15-20(17,18)10-4-7(13)2-3-8(10)12/h2-5H,13H2,1H3,(H,14,15). The monoisotopic (exact) mass is 315 g/mol. The van der Waals surface area contributed by atoms with E-state index >= 15 is 0 Å². The summed E-state index contributed by atoms with van der Waals surface area (Å²) in [6, 6.07) is 3.23. The van der Waals surface area contributed by atoms with E-state index in [0.29, 0.717) is 0 Å². The Balaban J connectivity index is 2.35. The summed E-state index contributed by atoms with van der Waals surface area (Å²) in [5.41, 5.74) is 5.71. The molecule has 2 aromatic rings. The summed E-state index contributed by atoms with van der Waals surface area (Å²) in [5.74, 6) is -1.21. The summed E-state index contributed by atoms with van der Waals surface area (Å²) in [6.45, 7) is 1.31. The highest BCUT2D eigenvalue weighted by molar-refractivity contribution is 7.93. The minimum absolute atomic E-state index is 0.0166. The highest BCUT2D eigenvalue weighted by Gasteiger charge is 2.21. The summed E-state index contributed by atoms with van der Waals surface area (Å²) in [4.78, 5) is 14.3. The zero-order chi connectivity index (χ0) is 14.9. The summed E-state index contributed by atoms with van der Waals surface area (Å²) >= 11 is 0.934. The largest absolute Gasteiger partial charge is 0.399 e.